The minimum atomic E-state index is -0.937. The maximum absolute atomic E-state index is 12.9. The Kier molecular flexibility index (Phi) is 25.5. The summed E-state index contributed by atoms with van der Waals surface area (Å²) in [5.41, 5.74) is 15.2. The molecule has 284 valence electrons. The van der Waals surface area contributed by atoms with E-state index in [1.54, 1.807) is 0 Å². The molecule has 0 fully saturated rings. The number of rotatable bonds is 24. The molecule has 0 saturated carbocycles. The predicted molar refractivity (Wildman–Crippen MR) is 257 cm³/mol. The van der Waals surface area contributed by atoms with E-state index in [9.17, 15) is 14.4 Å². The number of unbranched alkanes of at least 4 members (excludes halogenated alkanes) is 11. The molecule has 0 saturated heterocycles. The van der Waals surface area contributed by atoms with Gasteiger partial charge in [0.05, 0.1) is 24.2 Å². The number of esters is 3. The summed E-state index contributed by atoms with van der Waals surface area (Å²) in [7, 11) is 0. The summed E-state index contributed by atoms with van der Waals surface area (Å²) in [5, 5.41) is 0. The summed E-state index contributed by atoms with van der Waals surface area (Å²) in [6.45, 7) is 1.78. The molecule has 0 spiro atoms. The number of nitrogens with two attached hydrogens (primary N) is 2. The van der Waals surface area contributed by atoms with Crippen LogP contribution in [0.5, 0.6) is 0 Å². The second-order valence-electron chi connectivity index (χ2n) is 12.3. The summed E-state index contributed by atoms with van der Waals surface area (Å²) in [4.78, 5) is 38.6. The first-order valence-electron chi connectivity index (χ1n) is 17.3. The molecule has 2 aromatic rings. The van der Waals surface area contributed by atoms with Gasteiger partial charge in [0.25, 0.3) is 0 Å². The molecule has 0 heterocycles. The quantitative estimate of drug-likeness (QED) is 0.0265. The number of benzene rings is 2. The summed E-state index contributed by atoms with van der Waals surface area (Å²) in [6, 6.07) is 3.84. The van der Waals surface area contributed by atoms with E-state index in [1.807, 2.05) is 12.1 Å². The average molecular weight is 1380 g/mol. The topological polar surface area (TPSA) is 131 Å². The standard InChI is InChI=1S/C37H48I6N2O6/c1-2-3-4-5-6-7-8-9-10-11-12-13-14-15-16-17-31(46)51-24(22-49-32(47)18-25-27(38)20-29(40)36(44)34(25)42)23-50-33(48)19-26-28(39)21-30(41)37(45)35(26)43/h9-10,20-21,24H,2-8,11-19,22-23,44-45H2,1H3/b10-9+. The Balaban J connectivity index is 1.85. The first kappa shape index (κ1) is 47.7. The molecule has 4 N–H and O–H groups in total. The Morgan fingerprint density at radius 2 is 1.02 bits per heavy atom. The van der Waals surface area contributed by atoms with Crippen LogP contribution in [-0.4, -0.2) is 37.2 Å². The number of carbonyl (C=O) groups is 3. The van der Waals surface area contributed by atoms with Crippen molar-refractivity contribution in [1.82, 2.24) is 0 Å². The molecule has 8 nitrogen and oxygen atoms in total. The smallest absolute Gasteiger partial charge is 0.310 e. The maximum Gasteiger partial charge on any atom is 0.310 e. The van der Waals surface area contributed by atoms with Crippen molar-refractivity contribution >= 4 is 165 Å². The number of hydrogen-bond donors (Lipinski definition) is 2. The van der Waals surface area contributed by atoms with Gasteiger partial charge < -0.3 is 25.7 Å². The SMILES string of the molecule is CCCCCCCC/C=C/CCCCCCCC(=O)OC(COC(=O)Cc1c(I)cc(I)c(N)c1I)COC(=O)Cc1c(I)cc(I)c(N)c1I. The lowest BCUT2D eigenvalue weighted by Crippen LogP contribution is -2.31. The molecule has 0 aliphatic carbocycles. The zero-order valence-corrected chi connectivity index (χ0v) is 41.9. The molecule has 0 bridgehead atoms. The number of ether oxygens (including phenoxy) is 3. The second-order valence-corrected chi connectivity index (χ2v) is 19.1. The third kappa shape index (κ3) is 18.8. The lowest BCUT2D eigenvalue weighted by atomic mass is 10.1. The average Bonchev–Trinajstić information content (AvgIpc) is 3.09. The van der Waals surface area contributed by atoms with Gasteiger partial charge in [-0.2, -0.15) is 0 Å². The minimum absolute atomic E-state index is 0.0120. The molecule has 2 rings (SSSR count). The number of nitrogen functional groups attached to an aromatic ring is 2. The molecule has 0 radical (unpaired) electrons. The fraction of sp³-hybridized carbons (Fsp3) is 0.541. The van der Waals surface area contributed by atoms with Crippen molar-refractivity contribution < 1.29 is 28.6 Å². The minimum Gasteiger partial charge on any atom is -0.461 e. The number of anilines is 2. The molecule has 2 aromatic carbocycles. The Bertz CT molecular complexity index is 1390. The molecule has 0 amide bonds. The Morgan fingerprint density at radius 3 is 1.47 bits per heavy atom. The summed E-state index contributed by atoms with van der Waals surface area (Å²) < 4.78 is 22.0. The molecular formula is C37H48I6N2O6. The van der Waals surface area contributed by atoms with Crippen molar-refractivity contribution in [3.8, 4) is 0 Å². The van der Waals surface area contributed by atoms with Gasteiger partial charge in [-0.15, -0.1) is 0 Å². The van der Waals surface area contributed by atoms with Gasteiger partial charge in [0.15, 0.2) is 6.10 Å². The maximum atomic E-state index is 12.9. The van der Waals surface area contributed by atoms with E-state index >= 15 is 0 Å². The summed E-state index contributed by atoms with van der Waals surface area (Å²) in [5.74, 6) is -1.39. The van der Waals surface area contributed by atoms with Crippen LogP contribution in [0, 0.1) is 21.4 Å². The van der Waals surface area contributed by atoms with Crippen molar-refractivity contribution in [3.63, 3.8) is 0 Å². The van der Waals surface area contributed by atoms with Gasteiger partial charge in [-0.25, -0.2) is 0 Å². The van der Waals surface area contributed by atoms with Gasteiger partial charge in [0.2, 0.25) is 0 Å². The predicted octanol–water partition coefficient (Wildman–Crippen LogP) is 11.3. The highest BCUT2D eigenvalue weighted by Gasteiger charge is 2.23. The van der Waals surface area contributed by atoms with Crippen LogP contribution in [-0.2, 0) is 41.4 Å². The first-order valence-corrected chi connectivity index (χ1v) is 23.8. The van der Waals surface area contributed by atoms with Crippen molar-refractivity contribution in [2.24, 2.45) is 0 Å². The largest absolute Gasteiger partial charge is 0.461 e. The number of allylic oxidation sites excluding steroid dienone is 2. The summed E-state index contributed by atoms with van der Waals surface area (Å²) >= 11 is 13.0. The lowest BCUT2D eigenvalue weighted by Gasteiger charge is -2.19. The molecule has 0 unspecified atom stereocenters. The van der Waals surface area contributed by atoms with E-state index < -0.39 is 24.0 Å². The highest BCUT2D eigenvalue weighted by atomic mass is 127. The monoisotopic (exact) mass is 1380 g/mol. The normalized spacial score (nSPS) is 11.4. The third-order valence-electron chi connectivity index (χ3n) is 8.04. The van der Waals surface area contributed by atoms with E-state index in [0.29, 0.717) is 17.8 Å². The van der Waals surface area contributed by atoms with Crippen LogP contribution in [0.2, 0.25) is 0 Å². The highest BCUT2D eigenvalue weighted by Crippen LogP contribution is 2.31. The summed E-state index contributed by atoms with van der Waals surface area (Å²) in [6.07, 6.45) is 19.1. The molecule has 51 heavy (non-hydrogen) atoms. The van der Waals surface area contributed by atoms with E-state index in [4.69, 9.17) is 25.7 Å². The Labute approximate surface area is 385 Å². The van der Waals surface area contributed by atoms with Gasteiger partial charge in [-0.05, 0) is 191 Å². The van der Waals surface area contributed by atoms with E-state index in [1.165, 1.54) is 44.9 Å². The Morgan fingerprint density at radius 1 is 0.608 bits per heavy atom. The van der Waals surface area contributed by atoms with Crippen molar-refractivity contribution in [2.75, 3.05) is 24.7 Å². The van der Waals surface area contributed by atoms with Crippen LogP contribution in [0.4, 0.5) is 11.4 Å². The second kappa shape index (κ2) is 27.2. The van der Waals surface area contributed by atoms with Crippen molar-refractivity contribution in [3.05, 3.63) is 56.8 Å². The molecule has 14 heteroatoms. The zero-order valence-electron chi connectivity index (χ0n) is 29.0. The fourth-order valence-corrected chi connectivity index (χ4v) is 12.6. The van der Waals surface area contributed by atoms with Crippen LogP contribution in [0.15, 0.2) is 24.3 Å². The number of carbonyl (C=O) groups excluding carboxylic acids is 3. The van der Waals surface area contributed by atoms with Crippen LogP contribution < -0.4 is 11.5 Å². The van der Waals surface area contributed by atoms with Gasteiger partial charge in [-0.1, -0.05) is 70.4 Å². The molecule has 0 aliphatic rings. The van der Waals surface area contributed by atoms with E-state index in [0.717, 1.165) is 64.7 Å². The zero-order chi connectivity index (χ0) is 37.8. The third-order valence-corrected chi connectivity index (χ3v) is 14.2. The van der Waals surface area contributed by atoms with Gasteiger partial charge >= 0.3 is 17.9 Å². The molecule has 0 atom stereocenters. The van der Waals surface area contributed by atoms with Crippen LogP contribution in [0.25, 0.3) is 0 Å². The van der Waals surface area contributed by atoms with E-state index in [2.05, 4.69) is 155 Å². The first-order chi connectivity index (χ1) is 24.3. The number of hydrogen-bond acceptors (Lipinski definition) is 8. The van der Waals surface area contributed by atoms with E-state index in [-0.39, 0.29) is 32.5 Å². The van der Waals surface area contributed by atoms with Gasteiger partial charge in [-0.3, -0.25) is 14.4 Å². The fourth-order valence-electron chi connectivity index (χ4n) is 5.08. The van der Waals surface area contributed by atoms with Crippen LogP contribution in [0.3, 0.4) is 0 Å². The molecule has 0 aromatic heterocycles. The molecule has 0 aliphatic heterocycles. The van der Waals surface area contributed by atoms with Crippen LogP contribution in [0.1, 0.15) is 108 Å². The lowest BCUT2D eigenvalue weighted by molar-refractivity contribution is -0.166. The number of halogens is 6. The van der Waals surface area contributed by atoms with Crippen molar-refractivity contribution in [1.29, 1.82) is 0 Å². The van der Waals surface area contributed by atoms with Crippen molar-refractivity contribution in [2.45, 2.75) is 116 Å². The van der Waals surface area contributed by atoms with Crippen LogP contribution >= 0.6 is 136 Å². The Hall–Kier alpha value is 0.570. The highest BCUT2D eigenvalue weighted by molar-refractivity contribution is 14.1. The van der Waals surface area contributed by atoms with Gasteiger partial charge in [0, 0.05) is 27.8 Å². The van der Waals surface area contributed by atoms with Gasteiger partial charge in [0.1, 0.15) is 13.2 Å². The molecular weight excluding hydrogens is 1330 g/mol.